The second kappa shape index (κ2) is 8.66. The molecule has 0 unspecified atom stereocenters. The minimum absolute atomic E-state index is 0.475. The molecular formula is C15H23Cl2N. The van der Waals surface area contributed by atoms with Crippen LogP contribution in [-0.4, -0.2) is 13.1 Å². The van der Waals surface area contributed by atoms with Gasteiger partial charge in [-0.3, -0.25) is 0 Å². The summed E-state index contributed by atoms with van der Waals surface area (Å²) in [7, 11) is 0. The van der Waals surface area contributed by atoms with Crippen LogP contribution in [-0.2, 0) is 5.88 Å². The molecule has 0 heterocycles. The Kier molecular flexibility index (Phi) is 7.53. The molecule has 0 aliphatic heterocycles. The van der Waals surface area contributed by atoms with E-state index in [2.05, 4.69) is 24.8 Å². The van der Waals surface area contributed by atoms with Gasteiger partial charge in [0.25, 0.3) is 0 Å². The molecule has 102 valence electrons. The zero-order valence-corrected chi connectivity index (χ0v) is 12.9. The Balaban J connectivity index is 2.79. The molecule has 0 N–H and O–H groups in total. The molecule has 0 saturated carbocycles. The lowest BCUT2D eigenvalue weighted by atomic mass is 10.2. The van der Waals surface area contributed by atoms with Crippen molar-refractivity contribution in [1.82, 2.24) is 0 Å². The number of benzene rings is 1. The third kappa shape index (κ3) is 4.70. The molecule has 0 fully saturated rings. The molecular weight excluding hydrogens is 265 g/mol. The van der Waals surface area contributed by atoms with Crippen LogP contribution in [0.5, 0.6) is 0 Å². The van der Waals surface area contributed by atoms with E-state index < -0.39 is 0 Å². The second-order valence-electron chi connectivity index (χ2n) is 4.60. The Morgan fingerprint density at radius 3 is 2.11 bits per heavy atom. The topological polar surface area (TPSA) is 3.24 Å². The Morgan fingerprint density at radius 1 is 1.06 bits per heavy atom. The van der Waals surface area contributed by atoms with E-state index in [0.717, 1.165) is 23.7 Å². The lowest BCUT2D eigenvalue weighted by Gasteiger charge is -2.25. The minimum Gasteiger partial charge on any atom is -0.371 e. The maximum absolute atomic E-state index is 6.23. The van der Waals surface area contributed by atoms with Gasteiger partial charge in [0.2, 0.25) is 0 Å². The van der Waals surface area contributed by atoms with Crippen LogP contribution in [0.3, 0.4) is 0 Å². The summed E-state index contributed by atoms with van der Waals surface area (Å²) >= 11 is 12.1. The average molecular weight is 288 g/mol. The van der Waals surface area contributed by atoms with Crippen LogP contribution in [0, 0.1) is 0 Å². The molecule has 1 nitrogen and oxygen atoms in total. The summed E-state index contributed by atoms with van der Waals surface area (Å²) < 4.78 is 0. The molecule has 0 aromatic heterocycles. The molecule has 0 amide bonds. The molecule has 0 radical (unpaired) electrons. The Bertz CT molecular complexity index is 344. The largest absolute Gasteiger partial charge is 0.371 e. The molecule has 18 heavy (non-hydrogen) atoms. The van der Waals surface area contributed by atoms with Gasteiger partial charge in [-0.2, -0.15) is 0 Å². The Morgan fingerprint density at radius 2 is 1.67 bits per heavy atom. The highest BCUT2D eigenvalue weighted by Crippen LogP contribution is 2.25. The number of anilines is 1. The van der Waals surface area contributed by atoms with Gasteiger partial charge in [-0.15, -0.1) is 11.6 Å². The first kappa shape index (κ1) is 15.7. The highest BCUT2D eigenvalue weighted by atomic mass is 35.5. The third-order valence-corrected chi connectivity index (χ3v) is 3.75. The van der Waals surface area contributed by atoms with Gasteiger partial charge < -0.3 is 4.90 Å². The Hall–Kier alpha value is -0.400. The Labute approximate surface area is 121 Å². The number of unbranched alkanes of at least 4 members (excludes halogenated alkanes) is 2. The summed E-state index contributed by atoms with van der Waals surface area (Å²) in [6.45, 7) is 6.66. The van der Waals surface area contributed by atoms with E-state index in [4.69, 9.17) is 23.2 Å². The summed E-state index contributed by atoms with van der Waals surface area (Å²) in [5.74, 6) is 0.475. The van der Waals surface area contributed by atoms with Gasteiger partial charge in [0.1, 0.15) is 0 Å². The SMILES string of the molecule is CCCCN(CCCC)c1ccc(CCl)c(Cl)c1. The summed E-state index contributed by atoms with van der Waals surface area (Å²) in [5, 5.41) is 0.778. The van der Waals surface area contributed by atoms with E-state index >= 15 is 0 Å². The molecule has 0 aliphatic carbocycles. The third-order valence-electron chi connectivity index (χ3n) is 3.11. The van der Waals surface area contributed by atoms with Gasteiger partial charge in [0.15, 0.2) is 0 Å². The lowest BCUT2D eigenvalue weighted by Crippen LogP contribution is -2.25. The molecule has 1 aromatic rings. The van der Waals surface area contributed by atoms with Crippen molar-refractivity contribution in [1.29, 1.82) is 0 Å². The molecule has 0 saturated heterocycles. The van der Waals surface area contributed by atoms with Crippen LogP contribution in [0.1, 0.15) is 45.1 Å². The average Bonchev–Trinajstić information content (AvgIpc) is 2.39. The van der Waals surface area contributed by atoms with Crippen molar-refractivity contribution >= 4 is 28.9 Å². The van der Waals surface area contributed by atoms with Crippen molar-refractivity contribution < 1.29 is 0 Å². The standard InChI is InChI=1S/C15H23Cl2N/c1-3-5-9-18(10-6-4-2)14-8-7-13(12-16)15(17)11-14/h7-8,11H,3-6,9-10,12H2,1-2H3. The van der Waals surface area contributed by atoms with E-state index in [0.29, 0.717) is 5.88 Å². The number of nitrogens with zero attached hydrogens (tertiary/aromatic N) is 1. The molecule has 1 aromatic carbocycles. The van der Waals surface area contributed by atoms with E-state index in [-0.39, 0.29) is 0 Å². The summed E-state index contributed by atoms with van der Waals surface area (Å²) in [6, 6.07) is 6.22. The van der Waals surface area contributed by atoms with E-state index in [9.17, 15) is 0 Å². The molecule has 0 atom stereocenters. The second-order valence-corrected chi connectivity index (χ2v) is 5.28. The highest BCUT2D eigenvalue weighted by molar-refractivity contribution is 6.32. The van der Waals surface area contributed by atoms with Gasteiger partial charge in [0, 0.05) is 29.7 Å². The minimum atomic E-state index is 0.475. The molecule has 3 heteroatoms. The first-order chi connectivity index (χ1) is 8.72. The van der Waals surface area contributed by atoms with E-state index in [1.807, 2.05) is 12.1 Å². The van der Waals surface area contributed by atoms with Crippen LogP contribution < -0.4 is 4.90 Å². The van der Waals surface area contributed by atoms with Crippen LogP contribution in [0.4, 0.5) is 5.69 Å². The zero-order chi connectivity index (χ0) is 13.4. The number of hydrogen-bond donors (Lipinski definition) is 0. The summed E-state index contributed by atoms with van der Waals surface area (Å²) in [4.78, 5) is 2.43. The zero-order valence-electron chi connectivity index (χ0n) is 11.4. The van der Waals surface area contributed by atoms with Crippen molar-refractivity contribution in [3.8, 4) is 0 Å². The van der Waals surface area contributed by atoms with E-state index in [1.165, 1.54) is 31.4 Å². The molecule has 0 spiro atoms. The smallest absolute Gasteiger partial charge is 0.0488 e. The predicted octanol–water partition coefficient (Wildman–Crippen LogP) is 5.49. The van der Waals surface area contributed by atoms with Crippen molar-refractivity contribution in [2.45, 2.75) is 45.4 Å². The fourth-order valence-electron chi connectivity index (χ4n) is 1.91. The quantitative estimate of drug-likeness (QED) is 0.572. The summed E-state index contributed by atoms with van der Waals surface area (Å²) in [6.07, 6.45) is 4.88. The molecule has 0 aliphatic rings. The van der Waals surface area contributed by atoms with Gasteiger partial charge in [-0.05, 0) is 30.5 Å². The van der Waals surface area contributed by atoms with Crippen LogP contribution in [0.15, 0.2) is 18.2 Å². The number of hydrogen-bond acceptors (Lipinski definition) is 1. The first-order valence-electron chi connectivity index (χ1n) is 6.82. The van der Waals surface area contributed by atoms with Crippen LogP contribution >= 0.6 is 23.2 Å². The fraction of sp³-hybridized carbons (Fsp3) is 0.600. The molecule has 0 bridgehead atoms. The van der Waals surface area contributed by atoms with Crippen molar-refractivity contribution in [3.05, 3.63) is 28.8 Å². The van der Waals surface area contributed by atoms with Crippen LogP contribution in [0.2, 0.25) is 5.02 Å². The highest BCUT2D eigenvalue weighted by Gasteiger charge is 2.08. The monoisotopic (exact) mass is 287 g/mol. The van der Waals surface area contributed by atoms with Gasteiger partial charge in [-0.1, -0.05) is 44.4 Å². The van der Waals surface area contributed by atoms with Crippen molar-refractivity contribution in [2.75, 3.05) is 18.0 Å². The fourth-order valence-corrected chi connectivity index (χ4v) is 2.45. The van der Waals surface area contributed by atoms with Gasteiger partial charge >= 0.3 is 0 Å². The normalized spacial score (nSPS) is 10.7. The number of alkyl halides is 1. The molecule has 1 rings (SSSR count). The van der Waals surface area contributed by atoms with E-state index in [1.54, 1.807) is 0 Å². The number of rotatable bonds is 8. The maximum Gasteiger partial charge on any atom is 0.0488 e. The van der Waals surface area contributed by atoms with Gasteiger partial charge in [0.05, 0.1) is 0 Å². The lowest BCUT2D eigenvalue weighted by molar-refractivity contribution is 0.678. The van der Waals surface area contributed by atoms with Gasteiger partial charge in [-0.25, -0.2) is 0 Å². The van der Waals surface area contributed by atoms with Crippen molar-refractivity contribution in [2.24, 2.45) is 0 Å². The van der Waals surface area contributed by atoms with Crippen molar-refractivity contribution in [3.63, 3.8) is 0 Å². The maximum atomic E-state index is 6.23. The number of halogens is 2. The van der Waals surface area contributed by atoms with Crippen LogP contribution in [0.25, 0.3) is 0 Å². The first-order valence-corrected chi connectivity index (χ1v) is 7.73. The predicted molar refractivity (Wildman–Crippen MR) is 83.0 cm³/mol. The summed E-state index contributed by atoms with van der Waals surface area (Å²) in [5.41, 5.74) is 2.23.